The summed E-state index contributed by atoms with van der Waals surface area (Å²) in [4.78, 5) is 3.55. The monoisotopic (exact) mass is 358 g/mol. The second-order valence-electron chi connectivity index (χ2n) is 6.86. The van der Waals surface area contributed by atoms with Gasteiger partial charge in [-0.25, -0.2) is 4.39 Å². The van der Waals surface area contributed by atoms with E-state index in [0.717, 1.165) is 36.0 Å². The summed E-state index contributed by atoms with van der Waals surface area (Å²) in [6.07, 6.45) is 2.98. The Bertz CT molecular complexity index is 1030. The van der Waals surface area contributed by atoms with Gasteiger partial charge in [-0.3, -0.25) is 0 Å². The first-order valence-corrected chi connectivity index (χ1v) is 9.42. The van der Waals surface area contributed by atoms with Crippen LogP contribution in [0.3, 0.4) is 0 Å². The number of unbranched alkanes of at least 4 members (excludes halogenated alkanes) is 1. The maximum Gasteiger partial charge on any atom is 0.123 e. The Labute approximate surface area is 158 Å². The normalized spacial score (nSPS) is 11.2. The van der Waals surface area contributed by atoms with Crippen molar-refractivity contribution in [3.8, 4) is 22.4 Å². The number of aryl methyl sites for hydroxylation is 1. The van der Waals surface area contributed by atoms with E-state index in [1.165, 1.54) is 34.2 Å². The van der Waals surface area contributed by atoms with Crippen LogP contribution in [0.25, 0.3) is 33.3 Å². The molecule has 0 saturated carbocycles. The Morgan fingerprint density at radius 2 is 1.52 bits per heavy atom. The van der Waals surface area contributed by atoms with Crippen molar-refractivity contribution in [3.05, 3.63) is 84.2 Å². The summed E-state index contributed by atoms with van der Waals surface area (Å²) >= 11 is 0. The quantitative estimate of drug-likeness (QED) is 0.413. The largest absolute Gasteiger partial charge is 0.354 e. The highest BCUT2D eigenvalue weighted by molar-refractivity contribution is 5.93. The number of aromatic nitrogens is 1. The molecule has 0 aliphatic carbocycles. The number of hydrogen-bond acceptors (Lipinski definition) is 1. The summed E-state index contributed by atoms with van der Waals surface area (Å²) in [5, 5.41) is 1.23. The van der Waals surface area contributed by atoms with Gasteiger partial charge < -0.3 is 10.7 Å². The Morgan fingerprint density at radius 3 is 2.26 bits per heavy atom. The SMILES string of the molecule is NCCCCc1c(-c2ccc(F)cc2)[nH]c2ccc(-c3ccccc3)cc12. The van der Waals surface area contributed by atoms with Gasteiger partial charge in [-0.15, -0.1) is 0 Å². The summed E-state index contributed by atoms with van der Waals surface area (Å²) in [5.74, 6) is -0.217. The van der Waals surface area contributed by atoms with E-state index >= 15 is 0 Å². The molecule has 0 aliphatic heterocycles. The van der Waals surface area contributed by atoms with E-state index in [4.69, 9.17) is 5.73 Å². The van der Waals surface area contributed by atoms with Crippen LogP contribution >= 0.6 is 0 Å². The summed E-state index contributed by atoms with van der Waals surface area (Å²) in [6.45, 7) is 0.698. The first kappa shape index (κ1) is 17.5. The van der Waals surface area contributed by atoms with E-state index in [-0.39, 0.29) is 5.82 Å². The predicted octanol–water partition coefficient (Wildman–Crippen LogP) is 5.92. The van der Waals surface area contributed by atoms with Crippen molar-refractivity contribution in [2.75, 3.05) is 6.54 Å². The minimum Gasteiger partial charge on any atom is -0.354 e. The van der Waals surface area contributed by atoms with Gasteiger partial charge in [0.1, 0.15) is 5.82 Å². The number of nitrogens with one attached hydrogen (secondary N) is 1. The van der Waals surface area contributed by atoms with Crippen molar-refractivity contribution in [2.24, 2.45) is 5.73 Å². The lowest BCUT2D eigenvalue weighted by atomic mass is 9.97. The topological polar surface area (TPSA) is 41.8 Å². The van der Waals surface area contributed by atoms with E-state index in [2.05, 4.69) is 47.4 Å². The highest BCUT2D eigenvalue weighted by Gasteiger charge is 2.14. The molecule has 0 bridgehead atoms. The molecule has 1 aromatic heterocycles. The number of rotatable bonds is 6. The zero-order valence-electron chi connectivity index (χ0n) is 15.2. The minimum absolute atomic E-state index is 0.217. The Hall–Kier alpha value is -2.91. The zero-order chi connectivity index (χ0) is 18.6. The summed E-state index contributed by atoms with van der Waals surface area (Å²) in [6, 6.07) is 23.6. The van der Waals surface area contributed by atoms with Gasteiger partial charge in [0.2, 0.25) is 0 Å². The fraction of sp³-hybridized carbons (Fsp3) is 0.167. The van der Waals surface area contributed by atoms with E-state index in [1.807, 2.05) is 18.2 Å². The molecule has 136 valence electrons. The molecule has 0 radical (unpaired) electrons. The molecule has 0 unspecified atom stereocenters. The van der Waals surface area contributed by atoms with Crippen LogP contribution < -0.4 is 5.73 Å². The Kier molecular flexibility index (Phi) is 5.03. The van der Waals surface area contributed by atoms with Crippen molar-refractivity contribution in [2.45, 2.75) is 19.3 Å². The lowest BCUT2D eigenvalue weighted by Crippen LogP contribution is -1.99. The molecule has 0 saturated heterocycles. The molecule has 0 amide bonds. The van der Waals surface area contributed by atoms with Gasteiger partial charge in [0.25, 0.3) is 0 Å². The van der Waals surface area contributed by atoms with Crippen molar-refractivity contribution in [3.63, 3.8) is 0 Å². The van der Waals surface area contributed by atoms with Crippen molar-refractivity contribution in [1.29, 1.82) is 0 Å². The lowest BCUT2D eigenvalue weighted by molar-refractivity contribution is 0.628. The molecule has 3 heteroatoms. The zero-order valence-corrected chi connectivity index (χ0v) is 15.2. The number of benzene rings is 3. The second-order valence-corrected chi connectivity index (χ2v) is 6.86. The molecule has 2 nitrogen and oxygen atoms in total. The molecule has 0 fully saturated rings. The van der Waals surface area contributed by atoms with Crippen LogP contribution in [-0.4, -0.2) is 11.5 Å². The third kappa shape index (κ3) is 3.64. The van der Waals surface area contributed by atoms with Gasteiger partial charge in [-0.2, -0.15) is 0 Å². The summed E-state index contributed by atoms with van der Waals surface area (Å²) < 4.78 is 13.4. The molecule has 1 heterocycles. The number of halogens is 1. The average Bonchev–Trinajstić information content (AvgIpc) is 3.07. The Morgan fingerprint density at radius 1 is 0.778 bits per heavy atom. The summed E-state index contributed by atoms with van der Waals surface area (Å²) in [7, 11) is 0. The standard InChI is InChI=1S/C24H23FN2/c25-20-12-9-18(10-13-20)24-21(8-4-5-15-26)22-16-19(11-14-23(22)27-24)17-6-2-1-3-7-17/h1-3,6-7,9-14,16,27H,4-5,8,15,26H2. The van der Waals surface area contributed by atoms with Gasteiger partial charge in [0.15, 0.2) is 0 Å². The molecule has 0 spiro atoms. The van der Waals surface area contributed by atoms with Gasteiger partial charge in [-0.05, 0) is 84.5 Å². The number of hydrogen-bond donors (Lipinski definition) is 2. The van der Waals surface area contributed by atoms with Crippen LogP contribution in [0, 0.1) is 5.82 Å². The third-order valence-corrected chi connectivity index (χ3v) is 5.03. The fourth-order valence-corrected chi connectivity index (χ4v) is 3.63. The molecular formula is C24H23FN2. The van der Waals surface area contributed by atoms with E-state index in [9.17, 15) is 4.39 Å². The van der Waals surface area contributed by atoms with Crippen molar-refractivity contribution in [1.82, 2.24) is 4.98 Å². The highest BCUT2D eigenvalue weighted by Crippen LogP contribution is 2.34. The molecule has 4 rings (SSSR count). The molecule has 4 aromatic rings. The maximum absolute atomic E-state index is 13.4. The highest BCUT2D eigenvalue weighted by atomic mass is 19.1. The Balaban J connectivity index is 1.84. The van der Waals surface area contributed by atoms with Crippen LogP contribution in [0.15, 0.2) is 72.8 Å². The maximum atomic E-state index is 13.4. The van der Waals surface area contributed by atoms with Crippen LogP contribution in [-0.2, 0) is 6.42 Å². The van der Waals surface area contributed by atoms with Crippen molar-refractivity contribution < 1.29 is 4.39 Å². The third-order valence-electron chi connectivity index (χ3n) is 5.03. The molecule has 0 atom stereocenters. The first-order valence-electron chi connectivity index (χ1n) is 9.42. The summed E-state index contributed by atoms with van der Waals surface area (Å²) in [5.41, 5.74) is 12.6. The molecule has 27 heavy (non-hydrogen) atoms. The smallest absolute Gasteiger partial charge is 0.123 e. The van der Waals surface area contributed by atoms with Crippen molar-refractivity contribution >= 4 is 10.9 Å². The number of fused-ring (bicyclic) bond motifs is 1. The average molecular weight is 358 g/mol. The molecule has 0 aliphatic rings. The predicted molar refractivity (Wildman–Crippen MR) is 111 cm³/mol. The van der Waals surface area contributed by atoms with Gasteiger partial charge >= 0.3 is 0 Å². The fourth-order valence-electron chi connectivity index (χ4n) is 3.63. The van der Waals surface area contributed by atoms with E-state index in [1.54, 1.807) is 0 Å². The minimum atomic E-state index is -0.217. The molecular weight excluding hydrogens is 335 g/mol. The second kappa shape index (κ2) is 7.77. The van der Waals surface area contributed by atoms with Gasteiger partial charge in [-0.1, -0.05) is 36.4 Å². The van der Waals surface area contributed by atoms with Crippen LogP contribution in [0.2, 0.25) is 0 Å². The van der Waals surface area contributed by atoms with Gasteiger partial charge in [0.05, 0.1) is 0 Å². The lowest BCUT2D eigenvalue weighted by Gasteiger charge is -2.06. The van der Waals surface area contributed by atoms with Gasteiger partial charge in [0, 0.05) is 16.6 Å². The molecule has 3 aromatic carbocycles. The number of H-pyrrole nitrogens is 1. The first-order chi connectivity index (χ1) is 13.3. The van der Waals surface area contributed by atoms with Crippen LogP contribution in [0.4, 0.5) is 4.39 Å². The van der Waals surface area contributed by atoms with E-state index in [0.29, 0.717) is 6.54 Å². The number of aromatic amines is 1. The van der Waals surface area contributed by atoms with Crippen LogP contribution in [0.5, 0.6) is 0 Å². The molecule has 3 N–H and O–H groups in total. The van der Waals surface area contributed by atoms with Crippen LogP contribution in [0.1, 0.15) is 18.4 Å². The van der Waals surface area contributed by atoms with E-state index < -0.39 is 0 Å². The number of nitrogens with two attached hydrogens (primary N) is 1.